The van der Waals surface area contributed by atoms with Crippen LogP contribution in [0.2, 0.25) is 0 Å². The molecule has 1 saturated heterocycles. The van der Waals surface area contributed by atoms with Gasteiger partial charge in [-0.25, -0.2) is 9.97 Å². The summed E-state index contributed by atoms with van der Waals surface area (Å²) in [4.78, 5) is 38.9. The number of rotatable bonds is 7. The largest absolute Gasteiger partial charge is 0.355 e. The van der Waals surface area contributed by atoms with E-state index in [-0.39, 0.29) is 17.4 Å². The molecule has 8 heteroatoms. The second-order valence-electron chi connectivity index (χ2n) is 9.06. The van der Waals surface area contributed by atoms with Crippen LogP contribution < -0.4 is 15.8 Å². The Morgan fingerprint density at radius 3 is 2.83 bits per heavy atom. The molecule has 0 aliphatic carbocycles. The van der Waals surface area contributed by atoms with E-state index in [1.54, 1.807) is 22.1 Å². The zero-order valence-corrected chi connectivity index (χ0v) is 20.6. The van der Waals surface area contributed by atoms with Crippen molar-refractivity contribution in [2.45, 2.75) is 32.7 Å². The summed E-state index contributed by atoms with van der Waals surface area (Å²) >= 11 is 1.70. The highest BCUT2D eigenvalue weighted by Crippen LogP contribution is 2.22. The number of hydrogen-bond acceptors (Lipinski definition) is 6. The first-order valence-corrected chi connectivity index (χ1v) is 12.9. The van der Waals surface area contributed by atoms with Crippen LogP contribution in [0.15, 0.2) is 64.9 Å². The molecule has 1 atom stereocenters. The van der Waals surface area contributed by atoms with Crippen molar-refractivity contribution in [3.8, 4) is 0 Å². The van der Waals surface area contributed by atoms with E-state index in [0.29, 0.717) is 43.2 Å². The van der Waals surface area contributed by atoms with Gasteiger partial charge in [0.1, 0.15) is 5.52 Å². The molecule has 35 heavy (non-hydrogen) atoms. The van der Waals surface area contributed by atoms with E-state index < -0.39 is 0 Å². The van der Waals surface area contributed by atoms with Gasteiger partial charge in [0.15, 0.2) is 11.5 Å². The molecule has 0 spiro atoms. The van der Waals surface area contributed by atoms with Crippen molar-refractivity contribution >= 4 is 34.2 Å². The number of nitrogens with one attached hydrogen (secondary N) is 1. The maximum absolute atomic E-state index is 13.7. The molecule has 5 rings (SSSR count). The van der Waals surface area contributed by atoms with E-state index in [2.05, 4.69) is 16.4 Å². The summed E-state index contributed by atoms with van der Waals surface area (Å²) in [5, 5.41) is 5.13. The van der Waals surface area contributed by atoms with Gasteiger partial charge in [-0.15, -0.1) is 11.3 Å². The molecule has 180 valence electrons. The van der Waals surface area contributed by atoms with Gasteiger partial charge in [-0.2, -0.15) is 0 Å². The molecule has 3 aromatic heterocycles. The first-order chi connectivity index (χ1) is 17.1. The second-order valence-corrected chi connectivity index (χ2v) is 10.1. The predicted molar refractivity (Wildman–Crippen MR) is 140 cm³/mol. The van der Waals surface area contributed by atoms with Gasteiger partial charge in [0, 0.05) is 30.7 Å². The fourth-order valence-electron chi connectivity index (χ4n) is 4.58. The number of pyridine rings is 1. The van der Waals surface area contributed by atoms with E-state index in [9.17, 15) is 9.59 Å². The lowest BCUT2D eigenvalue weighted by Crippen LogP contribution is -2.46. The van der Waals surface area contributed by atoms with Crippen molar-refractivity contribution in [1.29, 1.82) is 0 Å². The number of amides is 1. The van der Waals surface area contributed by atoms with Crippen LogP contribution in [0.3, 0.4) is 0 Å². The molecule has 1 fully saturated rings. The number of benzene rings is 1. The molecule has 7 nitrogen and oxygen atoms in total. The standard InChI is InChI=1S/C27H29N5O2S/c1-19-8-10-20(11-9-19)17-32-24-23(7-2-13-28-24)30-25(27(32)34)31-15-3-5-21(18-31)26(33)29-14-12-22-6-4-16-35-22/h2,4,6-11,13,16,21H,3,5,12,14-15,17-18H2,1H3,(H,29,33)/t21-/m1/s1. The molecule has 4 aromatic rings. The Kier molecular flexibility index (Phi) is 6.90. The van der Waals surface area contributed by atoms with Gasteiger partial charge >= 0.3 is 0 Å². The van der Waals surface area contributed by atoms with Crippen LogP contribution in [0.5, 0.6) is 0 Å². The molecule has 1 aliphatic rings. The fraction of sp³-hybridized carbons (Fsp3) is 0.333. The number of nitrogens with zero attached hydrogens (tertiary/aromatic N) is 4. The van der Waals surface area contributed by atoms with Crippen LogP contribution in [-0.2, 0) is 17.8 Å². The van der Waals surface area contributed by atoms with Crippen molar-refractivity contribution in [1.82, 2.24) is 19.9 Å². The molecule has 1 N–H and O–H groups in total. The fourth-order valence-corrected chi connectivity index (χ4v) is 5.29. The molecule has 0 saturated carbocycles. The van der Waals surface area contributed by atoms with Crippen LogP contribution in [0.1, 0.15) is 28.8 Å². The van der Waals surface area contributed by atoms with Crippen molar-refractivity contribution in [3.63, 3.8) is 0 Å². The van der Waals surface area contributed by atoms with Gasteiger partial charge in [0.25, 0.3) is 5.56 Å². The summed E-state index contributed by atoms with van der Waals surface area (Å²) in [6, 6.07) is 16.0. The van der Waals surface area contributed by atoms with Crippen molar-refractivity contribution in [3.05, 3.63) is 86.5 Å². The van der Waals surface area contributed by atoms with E-state index in [1.165, 1.54) is 10.4 Å². The van der Waals surface area contributed by atoms with Crippen LogP contribution >= 0.6 is 11.3 Å². The molecular weight excluding hydrogens is 458 g/mol. The molecular formula is C27H29N5O2S. The first-order valence-electron chi connectivity index (χ1n) is 12.0. The number of carbonyl (C=O) groups is 1. The maximum Gasteiger partial charge on any atom is 0.295 e. The van der Waals surface area contributed by atoms with Crippen LogP contribution in [-0.4, -0.2) is 40.1 Å². The summed E-state index contributed by atoms with van der Waals surface area (Å²) in [5.41, 5.74) is 3.28. The van der Waals surface area contributed by atoms with Crippen LogP contribution in [0, 0.1) is 12.8 Å². The number of aryl methyl sites for hydroxylation is 1. The molecule has 4 heterocycles. The summed E-state index contributed by atoms with van der Waals surface area (Å²) in [6.07, 6.45) is 4.18. The lowest BCUT2D eigenvalue weighted by molar-refractivity contribution is -0.125. The number of aromatic nitrogens is 3. The van der Waals surface area contributed by atoms with Crippen LogP contribution in [0.25, 0.3) is 11.2 Å². The quantitative estimate of drug-likeness (QED) is 0.429. The molecule has 1 amide bonds. The van der Waals surface area contributed by atoms with Crippen LogP contribution in [0.4, 0.5) is 5.82 Å². The third kappa shape index (κ3) is 5.27. The number of fused-ring (bicyclic) bond motifs is 1. The highest BCUT2D eigenvalue weighted by atomic mass is 32.1. The smallest absolute Gasteiger partial charge is 0.295 e. The van der Waals surface area contributed by atoms with Gasteiger partial charge in [0.05, 0.1) is 12.5 Å². The average molecular weight is 488 g/mol. The zero-order chi connectivity index (χ0) is 24.2. The third-order valence-electron chi connectivity index (χ3n) is 6.49. The van der Waals surface area contributed by atoms with E-state index in [4.69, 9.17) is 4.98 Å². The van der Waals surface area contributed by atoms with Crippen molar-refractivity contribution < 1.29 is 4.79 Å². The van der Waals surface area contributed by atoms with Gasteiger partial charge < -0.3 is 10.2 Å². The highest BCUT2D eigenvalue weighted by molar-refractivity contribution is 7.09. The monoisotopic (exact) mass is 487 g/mol. The number of carbonyl (C=O) groups excluding carboxylic acids is 1. The Labute approximate surface area is 208 Å². The predicted octanol–water partition coefficient (Wildman–Crippen LogP) is 3.79. The lowest BCUT2D eigenvalue weighted by Gasteiger charge is -2.32. The SMILES string of the molecule is Cc1ccc(Cn2c(=O)c(N3CCC[C@@H](C(=O)NCCc4cccs4)C3)nc3cccnc32)cc1. The Morgan fingerprint density at radius 2 is 2.03 bits per heavy atom. The minimum Gasteiger partial charge on any atom is -0.355 e. The Morgan fingerprint density at radius 1 is 1.17 bits per heavy atom. The summed E-state index contributed by atoms with van der Waals surface area (Å²) in [5.74, 6) is 0.283. The van der Waals surface area contributed by atoms with E-state index >= 15 is 0 Å². The van der Waals surface area contributed by atoms with Gasteiger partial charge in [-0.3, -0.25) is 14.2 Å². The number of anilines is 1. The average Bonchev–Trinajstić information content (AvgIpc) is 3.40. The normalized spacial score (nSPS) is 15.9. The second kappa shape index (κ2) is 10.4. The molecule has 0 bridgehead atoms. The molecule has 1 aromatic carbocycles. The van der Waals surface area contributed by atoms with E-state index in [0.717, 1.165) is 24.8 Å². The third-order valence-corrected chi connectivity index (χ3v) is 7.42. The Balaban J connectivity index is 1.37. The minimum atomic E-state index is -0.171. The number of thiophene rings is 1. The zero-order valence-electron chi connectivity index (χ0n) is 19.8. The minimum absolute atomic E-state index is 0.0497. The van der Waals surface area contributed by atoms with Gasteiger partial charge in [-0.1, -0.05) is 35.9 Å². The highest BCUT2D eigenvalue weighted by Gasteiger charge is 2.28. The molecule has 0 radical (unpaired) electrons. The number of piperidine rings is 1. The summed E-state index contributed by atoms with van der Waals surface area (Å²) in [6.45, 7) is 4.28. The Hall–Kier alpha value is -3.52. The maximum atomic E-state index is 13.7. The summed E-state index contributed by atoms with van der Waals surface area (Å²) < 4.78 is 1.70. The van der Waals surface area contributed by atoms with E-state index in [1.807, 2.05) is 59.7 Å². The summed E-state index contributed by atoms with van der Waals surface area (Å²) in [7, 11) is 0. The topological polar surface area (TPSA) is 80.1 Å². The van der Waals surface area contributed by atoms with Gasteiger partial charge in [0.2, 0.25) is 5.91 Å². The molecule has 0 unspecified atom stereocenters. The lowest BCUT2D eigenvalue weighted by atomic mass is 9.97. The van der Waals surface area contributed by atoms with Crippen molar-refractivity contribution in [2.24, 2.45) is 5.92 Å². The van der Waals surface area contributed by atoms with Gasteiger partial charge in [-0.05, 0) is 55.3 Å². The number of hydrogen-bond donors (Lipinski definition) is 1. The molecule has 1 aliphatic heterocycles. The van der Waals surface area contributed by atoms with Crippen molar-refractivity contribution in [2.75, 3.05) is 24.5 Å². The Bertz CT molecular complexity index is 1360. The first kappa shape index (κ1) is 23.2.